The molecule has 5 rings (SSSR count). The second-order valence-electron chi connectivity index (χ2n) is 8.30. The maximum Gasteiger partial charge on any atom is 0.243 e. The Bertz CT molecular complexity index is 632. The first kappa shape index (κ1) is 15.7. The highest BCUT2D eigenvalue weighted by Crippen LogP contribution is 2.60. The first-order valence-electron chi connectivity index (χ1n) is 9.17. The highest BCUT2D eigenvalue weighted by Gasteiger charge is 2.54. The minimum atomic E-state index is -0.182. The molecule has 0 unspecified atom stereocenters. The highest BCUT2D eigenvalue weighted by atomic mass is 16.2. The Kier molecular flexibility index (Phi) is 3.86. The first-order chi connectivity index (χ1) is 11.5. The van der Waals surface area contributed by atoms with E-state index in [2.05, 4.69) is 10.6 Å². The van der Waals surface area contributed by atoms with Crippen molar-refractivity contribution in [2.24, 2.45) is 23.2 Å². The number of amides is 2. The van der Waals surface area contributed by atoms with Crippen molar-refractivity contribution in [3.63, 3.8) is 0 Å². The SMILES string of the molecule is Cc1cccc(NC(=O)CNC(=O)C23CC4CC(CC(C4)C2)C3)c1. The molecule has 2 amide bonds. The van der Waals surface area contributed by atoms with Crippen LogP contribution in [0.4, 0.5) is 5.69 Å². The molecule has 4 saturated carbocycles. The van der Waals surface area contributed by atoms with Gasteiger partial charge in [-0.3, -0.25) is 9.59 Å². The van der Waals surface area contributed by atoms with Crippen LogP contribution >= 0.6 is 0 Å². The maximum atomic E-state index is 12.8. The van der Waals surface area contributed by atoms with Gasteiger partial charge in [0.15, 0.2) is 0 Å². The van der Waals surface area contributed by atoms with Crippen LogP contribution in [-0.4, -0.2) is 18.4 Å². The molecule has 0 aromatic heterocycles. The summed E-state index contributed by atoms with van der Waals surface area (Å²) in [5, 5.41) is 5.78. The molecule has 0 saturated heterocycles. The lowest BCUT2D eigenvalue weighted by Gasteiger charge is -2.55. The van der Waals surface area contributed by atoms with E-state index >= 15 is 0 Å². The van der Waals surface area contributed by atoms with E-state index in [1.165, 1.54) is 19.3 Å². The van der Waals surface area contributed by atoms with Crippen molar-refractivity contribution in [3.05, 3.63) is 29.8 Å². The van der Waals surface area contributed by atoms with Crippen molar-refractivity contribution in [3.8, 4) is 0 Å². The van der Waals surface area contributed by atoms with Gasteiger partial charge in [0, 0.05) is 11.1 Å². The number of aryl methyl sites for hydroxylation is 1. The summed E-state index contributed by atoms with van der Waals surface area (Å²) in [6.45, 7) is 2.05. The first-order valence-corrected chi connectivity index (χ1v) is 9.17. The second kappa shape index (κ2) is 5.91. The number of anilines is 1. The van der Waals surface area contributed by atoms with Gasteiger partial charge in [-0.2, -0.15) is 0 Å². The molecule has 2 N–H and O–H groups in total. The highest BCUT2D eigenvalue weighted by molar-refractivity contribution is 5.95. The Labute approximate surface area is 143 Å². The molecule has 1 aromatic carbocycles. The van der Waals surface area contributed by atoms with Crippen molar-refractivity contribution < 1.29 is 9.59 Å². The van der Waals surface area contributed by atoms with Crippen LogP contribution in [0.3, 0.4) is 0 Å². The third kappa shape index (κ3) is 2.94. The Balaban J connectivity index is 1.34. The molecule has 1 aromatic rings. The number of benzene rings is 1. The zero-order valence-corrected chi connectivity index (χ0v) is 14.3. The molecule has 4 heteroatoms. The van der Waals surface area contributed by atoms with Crippen molar-refractivity contribution in [2.45, 2.75) is 45.4 Å². The van der Waals surface area contributed by atoms with Gasteiger partial charge in [-0.15, -0.1) is 0 Å². The summed E-state index contributed by atoms with van der Waals surface area (Å²) in [5.41, 5.74) is 1.70. The summed E-state index contributed by atoms with van der Waals surface area (Å²) >= 11 is 0. The van der Waals surface area contributed by atoms with Crippen molar-refractivity contribution in [1.82, 2.24) is 5.32 Å². The van der Waals surface area contributed by atoms with Gasteiger partial charge in [-0.05, 0) is 80.9 Å². The summed E-state index contributed by atoms with van der Waals surface area (Å²) < 4.78 is 0. The fourth-order valence-electron chi connectivity index (χ4n) is 5.66. The van der Waals surface area contributed by atoms with Crippen LogP contribution in [-0.2, 0) is 9.59 Å². The number of carbonyl (C=O) groups excluding carboxylic acids is 2. The fourth-order valence-corrected chi connectivity index (χ4v) is 5.66. The molecular formula is C20H26N2O2. The third-order valence-electron chi connectivity index (χ3n) is 6.23. The average molecular weight is 326 g/mol. The van der Waals surface area contributed by atoms with Crippen LogP contribution in [0.25, 0.3) is 0 Å². The number of carbonyl (C=O) groups is 2. The van der Waals surface area contributed by atoms with Gasteiger partial charge in [0.25, 0.3) is 0 Å². The van der Waals surface area contributed by atoms with Gasteiger partial charge >= 0.3 is 0 Å². The topological polar surface area (TPSA) is 58.2 Å². The quantitative estimate of drug-likeness (QED) is 0.892. The van der Waals surface area contributed by atoms with E-state index in [4.69, 9.17) is 0 Å². The van der Waals surface area contributed by atoms with Crippen LogP contribution < -0.4 is 10.6 Å². The Morgan fingerprint density at radius 3 is 2.29 bits per heavy atom. The minimum absolute atomic E-state index is 0.0640. The number of nitrogens with one attached hydrogen (secondary N) is 2. The molecule has 4 nitrogen and oxygen atoms in total. The lowest BCUT2D eigenvalue weighted by molar-refractivity contribution is -0.146. The lowest BCUT2D eigenvalue weighted by atomic mass is 9.49. The Hall–Kier alpha value is -1.84. The van der Waals surface area contributed by atoms with Gasteiger partial charge in [-0.1, -0.05) is 12.1 Å². The normalized spacial score (nSPS) is 33.3. The summed E-state index contributed by atoms with van der Waals surface area (Å²) in [6.07, 6.45) is 7.06. The van der Waals surface area contributed by atoms with E-state index in [9.17, 15) is 9.59 Å². The van der Waals surface area contributed by atoms with Gasteiger partial charge in [0.1, 0.15) is 0 Å². The molecule has 0 heterocycles. The number of hydrogen-bond donors (Lipinski definition) is 2. The van der Waals surface area contributed by atoms with Crippen molar-refractivity contribution in [2.75, 3.05) is 11.9 Å². The predicted octanol–water partition coefficient (Wildman–Crippen LogP) is 3.27. The van der Waals surface area contributed by atoms with Gasteiger partial charge < -0.3 is 10.6 Å². The van der Waals surface area contributed by atoms with E-state index < -0.39 is 0 Å². The summed E-state index contributed by atoms with van der Waals surface area (Å²) in [4.78, 5) is 24.9. The zero-order valence-electron chi connectivity index (χ0n) is 14.3. The van der Waals surface area contributed by atoms with Crippen LogP contribution in [0.15, 0.2) is 24.3 Å². The van der Waals surface area contributed by atoms with E-state index in [1.54, 1.807) is 0 Å². The fraction of sp³-hybridized carbons (Fsp3) is 0.600. The second-order valence-corrected chi connectivity index (χ2v) is 8.30. The molecule has 4 aliphatic rings. The molecular weight excluding hydrogens is 300 g/mol. The standard InChI is InChI=1S/C20H26N2O2/c1-13-3-2-4-17(5-13)22-18(23)12-21-19(24)20-9-14-6-15(10-20)8-16(7-14)11-20/h2-5,14-16H,6-12H2,1H3,(H,21,24)(H,22,23). The van der Waals surface area contributed by atoms with Gasteiger partial charge in [-0.25, -0.2) is 0 Å². The largest absolute Gasteiger partial charge is 0.347 e. The van der Waals surface area contributed by atoms with Crippen LogP contribution in [0, 0.1) is 30.1 Å². The number of rotatable bonds is 4. The molecule has 0 atom stereocenters. The average Bonchev–Trinajstić information content (AvgIpc) is 2.51. The third-order valence-corrected chi connectivity index (χ3v) is 6.23. The monoisotopic (exact) mass is 326 g/mol. The molecule has 128 valence electrons. The summed E-state index contributed by atoms with van der Waals surface area (Å²) in [7, 11) is 0. The maximum absolute atomic E-state index is 12.8. The molecule has 0 radical (unpaired) electrons. The van der Waals surface area contributed by atoms with E-state index in [-0.39, 0.29) is 23.8 Å². The van der Waals surface area contributed by atoms with Crippen molar-refractivity contribution in [1.29, 1.82) is 0 Å². The molecule has 24 heavy (non-hydrogen) atoms. The van der Waals surface area contributed by atoms with Crippen LogP contribution in [0.5, 0.6) is 0 Å². The smallest absolute Gasteiger partial charge is 0.243 e. The van der Waals surface area contributed by atoms with Gasteiger partial charge in [0.2, 0.25) is 11.8 Å². The minimum Gasteiger partial charge on any atom is -0.347 e. The predicted molar refractivity (Wildman–Crippen MR) is 93.4 cm³/mol. The van der Waals surface area contributed by atoms with Crippen LogP contribution in [0.2, 0.25) is 0 Å². The lowest BCUT2D eigenvalue weighted by Crippen LogP contribution is -2.54. The molecule has 4 fully saturated rings. The van der Waals surface area contributed by atoms with E-state index in [0.717, 1.165) is 48.3 Å². The van der Waals surface area contributed by atoms with Gasteiger partial charge in [0.05, 0.1) is 6.54 Å². The molecule has 4 aliphatic carbocycles. The molecule has 4 bridgehead atoms. The van der Waals surface area contributed by atoms with E-state index in [1.807, 2.05) is 31.2 Å². The zero-order chi connectivity index (χ0) is 16.7. The summed E-state index contributed by atoms with van der Waals surface area (Å²) in [5.74, 6) is 2.18. The number of hydrogen-bond acceptors (Lipinski definition) is 2. The Morgan fingerprint density at radius 2 is 1.71 bits per heavy atom. The summed E-state index contributed by atoms with van der Waals surface area (Å²) in [6, 6.07) is 7.70. The Morgan fingerprint density at radius 1 is 1.08 bits per heavy atom. The molecule has 0 spiro atoms. The molecule has 0 aliphatic heterocycles. The van der Waals surface area contributed by atoms with Crippen molar-refractivity contribution >= 4 is 17.5 Å². The van der Waals surface area contributed by atoms with E-state index in [0.29, 0.717) is 0 Å². The van der Waals surface area contributed by atoms with Crippen LogP contribution in [0.1, 0.15) is 44.1 Å².